The summed E-state index contributed by atoms with van der Waals surface area (Å²) in [6.45, 7) is 4.81. The minimum Gasteiger partial charge on any atom is -0.455 e. The molecule has 16 rings (SSSR count). The van der Waals surface area contributed by atoms with Gasteiger partial charge in [-0.2, -0.15) is 0 Å². The third kappa shape index (κ3) is 7.07. The van der Waals surface area contributed by atoms with Crippen LogP contribution in [-0.2, 0) is 23.7 Å². The van der Waals surface area contributed by atoms with E-state index in [2.05, 4.69) is 275 Å². The first kappa shape index (κ1) is 46.1. The molecule has 2 unspecified atom stereocenters. The lowest BCUT2D eigenvalue weighted by molar-refractivity contribution is 0.647. The molecule has 2 heteroatoms. The van der Waals surface area contributed by atoms with Crippen molar-refractivity contribution in [2.75, 3.05) is 0 Å². The fourth-order valence-corrected chi connectivity index (χ4v) is 15.4. The van der Waals surface area contributed by atoms with Crippen molar-refractivity contribution in [3.63, 3.8) is 0 Å². The fourth-order valence-electron chi connectivity index (χ4n) is 14.2. The number of furan rings is 1. The van der Waals surface area contributed by atoms with Gasteiger partial charge in [-0.1, -0.05) is 257 Å². The molecule has 2 heterocycles. The van der Waals surface area contributed by atoms with Gasteiger partial charge in [0.05, 0.1) is 5.41 Å². The lowest BCUT2D eigenvalue weighted by Gasteiger charge is -2.34. The van der Waals surface area contributed by atoms with Crippen molar-refractivity contribution < 1.29 is 4.42 Å². The highest BCUT2D eigenvalue weighted by Gasteiger charge is 2.46. The Morgan fingerprint density at radius 2 is 0.937 bits per heavy atom. The molecule has 2 aliphatic carbocycles. The lowest BCUT2D eigenvalue weighted by atomic mass is 9.67. The molecule has 0 saturated carbocycles. The van der Waals surface area contributed by atoms with E-state index in [-0.39, 0.29) is 11.3 Å². The highest BCUT2D eigenvalue weighted by molar-refractivity contribution is 7.25. The summed E-state index contributed by atoms with van der Waals surface area (Å²) < 4.78 is 9.24. The number of benzene rings is 12. The minimum absolute atomic E-state index is 0.102. The third-order valence-electron chi connectivity index (χ3n) is 18.1. The van der Waals surface area contributed by atoms with Crippen LogP contribution in [0.3, 0.4) is 0 Å². The fraction of sp³-hybridized carbons (Fsp3) is 0.0909. The maximum atomic E-state index is 6.62. The molecule has 0 radical (unpaired) electrons. The second-order valence-corrected chi connectivity index (χ2v) is 23.7. The summed E-state index contributed by atoms with van der Waals surface area (Å²) in [7, 11) is 0. The Labute approximate surface area is 464 Å². The van der Waals surface area contributed by atoms with Crippen LogP contribution in [0.15, 0.2) is 265 Å². The monoisotopic (exact) mass is 1030 g/mol. The smallest absolute Gasteiger partial charge is 0.143 e. The first-order chi connectivity index (χ1) is 38.9. The molecule has 374 valence electrons. The first-order valence-corrected chi connectivity index (χ1v) is 28.7. The van der Waals surface area contributed by atoms with Gasteiger partial charge in [-0.3, -0.25) is 0 Å². The van der Waals surface area contributed by atoms with Gasteiger partial charge < -0.3 is 4.42 Å². The van der Waals surface area contributed by atoms with Gasteiger partial charge >= 0.3 is 0 Å². The van der Waals surface area contributed by atoms with Gasteiger partial charge in [0, 0.05) is 41.9 Å². The summed E-state index contributed by atoms with van der Waals surface area (Å²) in [6.07, 6.45) is 1.79. The van der Waals surface area contributed by atoms with E-state index in [9.17, 15) is 0 Å². The van der Waals surface area contributed by atoms with Crippen LogP contribution in [0.4, 0.5) is 0 Å². The van der Waals surface area contributed by atoms with Crippen molar-refractivity contribution in [2.45, 2.75) is 43.4 Å². The molecule has 1 nitrogen and oxygen atoms in total. The summed E-state index contributed by atoms with van der Waals surface area (Å²) in [5, 5.41) is 7.46. The molecule has 0 fully saturated rings. The van der Waals surface area contributed by atoms with Gasteiger partial charge in [-0.25, -0.2) is 0 Å². The van der Waals surface area contributed by atoms with E-state index in [0.717, 1.165) is 45.9 Å². The third-order valence-corrected chi connectivity index (χ3v) is 19.2. The molecule has 0 amide bonds. The van der Waals surface area contributed by atoms with Crippen LogP contribution in [0, 0.1) is 0 Å². The molecule has 0 aliphatic heterocycles. The molecule has 14 aromatic rings. The van der Waals surface area contributed by atoms with Crippen LogP contribution in [0.2, 0.25) is 0 Å². The zero-order chi connectivity index (χ0) is 52.4. The van der Waals surface area contributed by atoms with Crippen LogP contribution < -0.4 is 0 Å². The van der Waals surface area contributed by atoms with E-state index in [0.29, 0.717) is 0 Å². The molecule has 2 aromatic heterocycles. The van der Waals surface area contributed by atoms with Gasteiger partial charge in [0.2, 0.25) is 0 Å². The molecule has 0 spiro atoms. The van der Waals surface area contributed by atoms with E-state index >= 15 is 0 Å². The summed E-state index contributed by atoms with van der Waals surface area (Å²) >= 11 is 1.90. The minimum atomic E-state index is -0.605. The Hall–Kier alpha value is -9.08. The van der Waals surface area contributed by atoms with E-state index in [1.54, 1.807) is 0 Å². The van der Waals surface area contributed by atoms with Crippen LogP contribution >= 0.6 is 11.3 Å². The molecule has 0 bridgehead atoms. The average Bonchev–Trinajstić information content (AvgIpc) is 4.04. The number of rotatable bonds is 9. The second kappa shape index (κ2) is 17.7. The van der Waals surface area contributed by atoms with Crippen molar-refractivity contribution in [3.8, 4) is 44.5 Å². The number of thiophene rings is 1. The highest BCUT2D eigenvalue weighted by atomic mass is 32.1. The topological polar surface area (TPSA) is 13.1 Å². The quantitative estimate of drug-likeness (QED) is 0.140. The summed E-state index contributed by atoms with van der Waals surface area (Å²) in [6, 6.07) is 98.5. The zero-order valence-electron chi connectivity index (χ0n) is 44.1. The molecule has 2 atom stereocenters. The van der Waals surface area contributed by atoms with Gasteiger partial charge in [-0.15, -0.1) is 11.3 Å². The molecule has 0 saturated heterocycles. The van der Waals surface area contributed by atoms with Crippen LogP contribution in [0.1, 0.15) is 69.8 Å². The Kier molecular flexibility index (Phi) is 10.3. The molecule has 0 N–H and O–H groups in total. The number of hydrogen-bond acceptors (Lipinski definition) is 2. The zero-order valence-corrected chi connectivity index (χ0v) is 45.0. The van der Waals surface area contributed by atoms with E-state index < -0.39 is 5.41 Å². The van der Waals surface area contributed by atoms with Gasteiger partial charge in [0.1, 0.15) is 11.2 Å². The highest BCUT2D eigenvalue weighted by Crippen LogP contribution is 2.58. The Balaban J connectivity index is 0.856. The van der Waals surface area contributed by atoms with Crippen molar-refractivity contribution in [2.24, 2.45) is 0 Å². The van der Waals surface area contributed by atoms with Crippen molar-refractivity contribution >= 4 is 64.2 Å². The maximum Gasteiger partial charge on any atom is 0.143 e. The van der Waals surface area contributed by atoms with E-state index in [1.165, 1.54) is 114 Å². The first-order valence-electron chi connectivity index (χ1n) is 27.9. The Morgan fingerprint density at radius 1 is 0.367 bits per heavy atom. The predicted octanol–water partition coefficient (Wildman–Crippen LogP) is 20.7. The lowest BCUT2D eigenvalue weighted by Crippen LogP contribution is -2.28. The molecule has 2 aliphatic rings. The number of hydrogen-bond donors (Lipinski definition) is 0. The second-order valence-electron chi connectivity index (χ2n) is 22.6. The number of para-hydroxylation sites is 2. The summed E-state index contributed by atoms with van der Waals surface area (Å²) in [4.78, 5) is 0. The standard InChI is InChI=1S/C77H54OS/c1-76(2)68-25-9-5-18-60(68)62-41-36-53(46-70(62)76)54(43-48-29-32-51(33-30-48)58-22-13-16-50-15-3-4-17-57(50)58)44-49-31-40-63-61-19-6-10-26-69(61)77(71(63)45-49,56-39-42-66-65-21-8-12-28-73(65)79-74(66)47-56)55-37-34-52(35-38-55)59-23-14-24-67-64-20-7-11-27-72(64)78-75(59)67/h3-42,45-47,54H,43-44H2,1-2H3. The van der Waals surface area contributed by atoms with Crippen molar-refractivity contribution in [3.05, 3.63) is 311 Å². The number of fused-ring (bicyclic) bond motifs is 13. The predicted molar refractivity (Wildman–Crippen MR) is 333 cm³/mol. The van der Waals surface area contributed by atoms with Crippen LogP contribution in [0.5, 0.6) is 0 Å². The van der Waals surface area contributed by atoms with Crippen molar-refractivity contribution in [1.82, 2.24) is 0 Å². The van der Waals surface area contributed by atoms with E-state index in [1.807, 2.05) is 11.3 Å². The largest absolute Gasteiger partial charge is 0.455 e. The van der Waals surface area contributed by atoms with Crippen molar-refractivity contribution in [1.29, 1.82) is 0 Å². The molecular weight excluding hydrogens is 973 g/mol. The summed E-state index contributed by atoms with van der Waals surface area (Å²) in [5.41, 5.74) is 23.3. The van der Waals surface area contributed by atoms with Crippen LogP contribution in [-0.4, -0.2) is 0 Å². The normalized spacial score (nSPS) is 15.4. The van der Waals surface area contributed by atoms with Crippen LogP contribution in [0.25, 0.3) is 97.4 Å². The maximum absolute atomic E-state index is 6.62. The summed E-state index contributed by atoms with van der Waals surface area (Å²) in [5.74, 6) is 0.208. The average molecular weight is 1030 g/mol. The molecule has 79 heavy (non-hydrogen) atoms. The van der Waals surface area contributed by atoms with Gasteiger partial charge in [0.25, 0.3) is 0 Å². The van der Waals surface area contributed by atoms with Gasteiger partial charge in [0.15, 0.2) is 0 Å². The molecule has 12 aromatic carbocycles. The Morgan fingerprint density at radius 3 is 1.80 bits per heavy atom. The van der Waals surface area contributed by atoms with E-state index in [4.69, 9.17) is 4.42 Å². The van der Waals surface area contributed by atoms with Gasteiger partial charge in [-0.05, 0) is 137 Å². The molecular formula is C77H54OS. The Bertz CT molecular complexity index is 4750. The SMILES string of the molecule is CC1(C)c2ccccc2-c2ccc(C(Cc3ccc(-c4cccc5ccccc45)cc3)Cc3ccc4c(c3)C(c3ccc(-c5cccc6c5oc5ccccc56)cc3)(c3ccc5c(c3)sc3ccccc35)c3ccccc3-4)cc21.